The van der Waals surface area contributed by atoms with Crippen molar-refractivity contribution in [1.82, 2.24) is 19.2 Å². The van der Waals surface area contributed by atoms with Crippen LogP contribution in [0.1, 0.15) is 10.5 Å². The second kappa shape index (κ2) is 5.77. The molecule has 2 heterocycles. The van der Waals surface area contributed by atoms with E-state index in [0.717, 1.165) is 13.4 Å². The van der Waals surface area contributed by atoms with Gasteiger partial charge in [0.25, 0.3) is 5.09 Å². The Balaban J connectivity index is 2.22. The molecule has 24 heavy (non-hydrogen) atoms. The van der Waals surface area contributed by atoms with E-state index in [2.05, 4.69) is 19.8 Å². The van der Waals surface area contributed by atoms with E-state index in [9.17, 15) is 13.2 Å². The highest BCUT2D eigenvalue weighted by Gasteiger charge is 2.34. The van der Waals surface area contributed by atoms with Crippen molar-refractivity contribution in [3.63, 3.8) is 0 Å². The van der Waals surface area contributed by atoms with E-state index in [1.54, 1.807) is 30.3 Å². The van der Waals surface area contributed by atoms with Crippen LogP contribution in [0.25, 0.3) is 11.5 Å². The molecule has 10 nitrogen and oxygen atoms in total. The van der Waals surface area contributed by atoms with Gasteiger partial charge in [-0.1, -0.05) is 18.2 Å². The average molecular weight is 349 g/mol. The van der Waals surface area contributed by atoms with Crippen LogP contribution >= 0.6 is 0 Å². The number of aromatic nitrogens is 4. The number of carbonyl (C=O) groups excluding carboxylic acids is 1. The summed E-state index contributed by atoms with van der Waals surface area (Å²) < 4.78 is 35.6. The van der Waals surface area contributed by atoms with Crippen molar-refractivity contribution in [1.29, 1.82) is 0 Å². The molecule has 0 aliphatic heterocycles. The van der Waals surface area contributed by atoms with Crippen LogP contribution in [0.5, 0.6) is 0 Å². The van der Waals surface area contributed by atoms with Crippen LogP contribution in [-0.4, -0.2) is 40.7 Å². The lowest BCUT2D eigenvalue weighted by Crippen LogP contribution is -2.19. The number of methoxy groups -OCH3 is 1. The Hall–Kier alpha value is -3.21. The molecule has 0 bridgehead atoms. The van der Waals surface area contributed by atoms with Crippen molar-refractivity contribution in [3.05, 3.63) is 42.4 Å². The van der Waals surface area contributed by atoms with Crippen molar-refractivity contribution in [2.75, 3.05) is 12.8 Å². The number of rotatable bonds is 4. The van der Waals surface area contributed by atoms with E-state index in [0.29, 0.717) is 9.65 Å². The predicted octanol–water partition coefficient (Wildman–Crippen LogP) is 0.539. The Kier molecular flexibility index (Phi) is 3.77. The fourth-order valence-electron chi connectivity index (χ4n) is 1.91. The van der Waals surface area contributed by atoms with Gasteiger partial charge >= 0.3 is 16.0 Å². The molecule has 0 amide bonds. The minimum absolute atomic E-state index is 0.0618. The Morgan fingerprint density at radius 1 is 1.29 bits per heavy atom. The molecule has 2 aromatic heterocycles. The molecule has 0 radical (unpaired) electrons. The number of carbonyl (C=O) groups is 1. The molecule has 3 rings (SSSR count). The van der Waals surface area contributed by atoms with Gasteiger partial charge in [-0.3, -0.25) is 0 Å². The maximum Gasteiger partial charge on any atom is 0.361 e. The third kappa shape index (κ3) is 2.50. The third-order valence-electron chi connectivity index (χ3n) is 3.00. The predicted molar refractivity (Wildman–Crippen MR) is 80.3 cm³/mol. The Morgan fingerprint density at radius 3 is 2.58 bits per heavy atom. The number of oxazole rings is 1. The first kappa shape index (κ1) is 15.7. The maximum absolute atomic E-state index is 12.6. The summed E-state index contributed by atoms with van der Waals surface area (Å²) >= 11 is 0. The molecule has 0 aliphatic rings. The van der Waals surface area contributed by atoms with Crippen molar-refractivity contribution >= 4 is 21.9 Å². The summed E-state index contributed by atoms with van der Waals surface area (Å²) in [4.78, 5) is 19.4. The Morgan fingerprint density at radius 2 is 2.00 bits per heavy atom. The largest absolute Gasteiger partial charge is 0.464 e. The zero-order valence-electron chi connectivity index (χ0n) is 12.3. The summed E-state index contributed by atoms with van der Waals surface area (Å²) in [5, 5.41) is 2.79. The summed E-state index contributed by atoms with van der Waals surface area (Å²) in [5.41, 5.74) is 5.45. The SMILES string of the molecule is COC(=O)c1nc(-c2ccccc2)oc1S(=O)(=O)n1ncnc1N. The molecule has 0 saturated carbocycles. The van der Waals surface area contributed by atoms with Gasteiger partial charge in [0.15, 0.2) is 0 Å². The van der Waals surface area contributed by atoms with Gasteiger partial charge in [-0.15, -0.1) is 9.19 Å². The highest BCUT2D eigenvalue weighted by molar-refractivity contribution is 7.89. The topological polar surface area (TPSA) is 143 Å². The van der Waals surface area contributed by atoms with Crippen LogP contribution < -0.4 is 5.73 Å². The molecule has 0 unspecified atom stereocenters. The molecule has 1 aromatic carbocycles. The van der Waals surface area contributed by atoms with E-state index in [-0.39, 0.29) is 11.8 Å². The number of ether oxygens (including phenoxy) is 1. The molecule has 2 N–H and O–H groups in total. The van der Waals surface area contributed by atoms with Crippen LogP contribution in [0.3, 0.4) is 0 Å². The van der Waals surface area contributed by atoms with Crippen molar-refractivity contribution in [2.24, 2.45) is 0 Å². The first-order chi connectivity index (χ1) is 11.4. The Bertz CT molecular complexity index is 993. The second-order valence-electron chi connectivity index (χ2n) is 4.48. The van der Waals surface area contributed by atoms with E-state index in [4.69, 9.17) is 10.2 Å². The number of hydrogen-bond donors (Lipinski definition) is 1. The van der Waals surface area contributed by atoms with Crippen molar-refractivity contribution in [2.45, 2.75) is 5.09 Å². The lowest BCUT2D eigenvalue weighted by molar-refractivity contribution is 0.0587. The van der Waals surface area contributed by atoms with Crippen LogP contribution in [-0.2, 0) is 14.8 Å². The van der Waals surface area contributed by atoms with Crippen molar-refractivity contribution in [3.8, 4) is 11.5 Å². The summed E-state index contributed by atoms with van der Waals surface area (Å²) in [5.74, 6) is -1.42. The number of benzene rings is 1. The van der Waals surface area contributed by atoms with E-state index in [1.807, 2.05) is 0 Å². The summed E-state index contributed by atoms with van der Waals surface area (Å²) in [6, 6.07) is 8.48. The fourth-order valence-corrected chi connectivity index (χ4v) is 3.09. The number of nitrogen functional groups attached to an aromatic ring is 1. The highest BCUT2D eigenvalue weighted by Crippen LogP contribution is 2.27. The Labute approximate surface area is 135 Å². The van der Waals surface area contributed by atoms with Gasteiger partial charge in [-0.2, -0.15) is 13.4 Å². The van der Waals surface area contributed by atoms with Gasteiger partial charge in [-0.05, 0) is 12.1 Å². The molecule has 0 fully saturated rings. The summed E-state index contributed by atoms with van der Waals surface area (Å²) in [6.45, 7) is 0. The van der Waals surface area contributed by atoms with Crippen LogP contribution in [0, 0.1) is 0 Å². The van der Waals surface area contributed by atoms with E-state index >= 15 is 0 Å². The minimum Gasteiger partial charge on any atom is -0.464 e. The molecule has 11 heteroatoms. The molecule has 0 saturated heterocycles. The maximum atomic E-state index is 12.6. The van der Waals surface area contributed by atoms with Gasteiger partial charge in [0, 0.05) is 5.56 Å². The van der Waals surface area contributed by atoms with E-state index in [1.165, 1.54) is 0 Å². The standard InChI is InChI=1S/C13H11N5O5S/c1-22-11(19)9-12(24(20,21)18-13(14)15-7-16-18)23-10(17-9)8-5-3-2-4-6-8/h2-7H,1H3,(H2,14,15,16). The van der Waals surface area contributed by atoms with Gasteiger partial charge < -0.3 is 14.9 Å². The quantitative estimate of drug-likeness (QED) is 0.667. The minimum atomic E-state index is -4.41. The third-order valence-corrected chi connectivity index (χ3v) is 4.48. The van der Waals surface area contributed by atoms with Gasteiger partial charge in [0.2, 0.25) is 17.5 Å². The van der Waals surface area contributed by atoms with Crippen LogP contribution in [0.2, 0.25) is 0 Å². The number of anilines is 1. The van der Waals surface area contributed by atoms with Crippen LogP contribution in [0.4, 0.5) is 5.95 Å². The molecular weight excluding hydrogens is 338 g/mol. The molecule has 0 aliphatic carbocycles. The van der Waals surface area contributed by atoms with E-state index < -0.39 is 26.8 Å². The molecular formula is C13H11N5O5S. The van der Waals surface area contributed by atoms with Crippen LogP contribution in [0.15, 0.2) is 46.2 Å². The molecule has 0 atom stereocenters. The molecule has 124 valence electrons. The first-order valence-electron chi connectivity index (χ1n) is 6.50. The monoisotopic (exact) mass is 349 g/mol. The number of hydrogen-bond acceptors (Lipinski definition) is 9. The normalized spacial score (nSPS) is 11.4. The molecule has 3 aromatic rings. The number of nitrogens with zero attached hydrogens (tertiary/aromatic N) is 4. The van der Waals surface area contributed by atoms with Gasteiger partial charge in [-0.25, -0.2) is 9.78 Å². The van der Waals surface area contributed by atoms with Gasteiger partial charge in [0.05, 0.1) is 7.11 Å². The fraction of sp³-hybridized carbons (Fsp3) is 0.0769. The smallest absolute Gasteiger partial charge is 0.361 e. The lowest BCUT2D eigenvalue weighted by Gasteiger charge is -2.02. The highest BCUT2D eigenvalue weighted by atomic mass is 32.2. The molecule has 0 spiro atoms. The number of nitrogens with two attached hydrogens (primary N) is 1. The first-order valence-corrected chi connectivity index (χ1v) is 7.95. The zero-order chi connectivity index (χ0) is 17.3. The number of esters is 1. The second-order valence-corrected chi connectivity index (χ2v) is 6.15. The lowest BCUT2D eigenvalue weighted by atomic mass is 10.2. The summed E-state index contributed by atoms with van der Waals surface area (Å²) in [6.07, 6.45) is 0.958. The van der Waals surface area contributed by atoms with Gasteiger partial charge in [0.1, 0.15) is 6.33 Å². The van der Waals surface area contributed by atoms with Crippen molar-refractivity contribution < 1.29 is 22.4 Å². The average Bonchev–Trinajstić information content (AvgIpc) is 3.22. The zero-order valence-corrected chi connectivity index (χ0v) is 13.1. The summed E-state index contributed by atoms with van der Waals surface area (Å²) in [7, 11) is -3.31.